The molecular weight excluding hydrogens is 397 g/mol. The lowest BCUT2D eigenvalue weighted by molar-refractivity contribution is -0.274. The summed E-state index contributed by atoms with van der Waals surface area (Å²) in [6.07, 6.45) is -4.69. The molecule has 1 N–H and O–H groups in total. The quantitative estimate of drug-likeness (QED) is 0.676. The van der Waals surface area contributed by atoms with Gasteiger partial charge in [0.1, 0.15) is 11.5 Å². The summed E-state index contributed by atoms with van der Waals surface area (Å²) in [4.78, 5) is 2.34. The Kier molecular flexibility index (Phi) is 6.55. The zero-order valence-corrected chi connectivity index (χ0v) is 17.9. The third kappa shape index (κ3) is 6.48. The number of alkyl halides is 3. The number of halogens is 3. The van der Waals surface area contributed by atoms with E-state index in [0.29, 0.717) is 0 Å². The molecule has 0 unspecified atom stereocenters. The maximum atomic E-state index is 12.5. The summed E-state index contributed by atoms with van der Waals surface area (Å²) >= 11 is 0. The van der Waals surface area contributed by atoms with Crippen molar-refractivity contribution in [2.45, 2.75) is 32.0 Å². The third-order valence-corrected chi connectivity index (χ3v) is 5.41. The van der Waals surface area contributed by atoms with Gasteiger partial charge in [0.05, 0.1) is 6.04 Å². The lowest BCUT2D eigenvalue weighted by atomic mass is 9.96. The fraction of sp³-hybridized carbons (Fsp3) is 0.429. The van der Waals surface area contributed by atoms with E-state index >= 15 is 0 Å². The molecule has 2 aromatic rings. The van der Waals surface area contributed by atoms with Crippen LogP contribution in [0.2, 0.25) is 19.6 Å². The molecule has 1 heterocycles. The zero-order chi connectivity index (χ0) is 21.1. The van der Waals surface area contributed by atoms with Crippen LogP contribution in [0.15, 0.2) is 48.5 Å². The van der Waals surface area contributed by atoms with Crippen LogP contribution in [0, 0.1) is 0 Å². The predicted octanol–water partition coefficient (Wildman–Crippen LogP) is 4.79. The average molecular weight is 425 g/mol. The van der Waals surface area contributed by atoms with Crippen molar-refractivity contribution in [3.63, 3.8) is 0 Å². The van der Waals surface area contributed by atoms with Crippen molar-refractivity contribution in [1.29, 1.82) is 0 Å². The van der Waals surface area contributed by atoms with Crippen LogP contribution >= 0.6 is 0 Å². The van der Waals surface area contributed by atoms with Gasteiger partial charge in [-0.05, 0) is 55.0 Å². The smallest absolute Gasteiger partial charge is 0.544 e. The molecule has 0 amide bonds. The lowest BCUT2D eigenvalue weighted by Crippen LogP contribution is -2.45. The van der Waals surface area contributed by atoms with Crippen molar-refractivity contribution < 1.29 is 22.3 Å². The van der Waals surface area contributed by atoms with Crippen LogP contribution < -0.4 is 14.5 Å². The van der Waals surface area contributed by atoms with Crippen LogP contribution in [0.1, 0.15) is 17.2 Å². The Balaban J connectivity index is 1.87. The molecule has 1 aliphatic heterocycles. The maximum Gasteiger partial charge on any atom is 0.573 e. The van der Waals surface area contributed by atoms with E-state index in [4.69, 9.17) is 4.43 Å². The van der Waals surface area contributed by atoms with Gasteiger partial charge in [-0.25, -0.2) is 0 Å². The Morgan fingerprint density at radius 3 is 1.79 bits per heavy atom. The number of ether oxygens (including phenoxy) is 1. The minimum Gasteiger partial charge on any atom is -0.544 e. The van der Waals surface area contributed by atoms with E-state index in [1.165, 1.54) is 12.1 Å². The largest absolute Gasteiger partial charge is 0.573 e. The fourth-order valence-corrected chi connectivity index (χ4v) is 4.32. The van der Waals surface area contributed by atoms with Gasteiger partial charge in [-0.1, -0.05) is 24.3 Å². The number of nitrogens with one attached hydrogen (secondary N) is 1. The van der Waals surface area contributed by atoms with E-state index in [1.54, 1.807) is 12.1 Å². The highest BCUT2D eigenvalue weighted by molar-refractivity contribution is 6.70. The van der Waals surface area contributed by atoms with Gasteiger partial charge in [0, 0.05) is 26.2 Å². The van der Waals surface area contributed by atoms with Crippen LogP contribution in [-0.4, -0.2) is 45.8 Å². The van der Waals surface area contributed by atoms with E-state index in [1.807, 2.05) is 24.3 Å². The summed E-state index contributed by atoms with van der Waals surface area (Å²) in [5.41, 5.74) is 2.01. The Morgan fingerprint density at radius 2 is 1.34 bits per heavy atom. The molecule has 0 aromatic heterocycles. The van der Waals surface area contributed by atoms with Crippen molar-refractivity contribution in [2.24, 2.45) is 0 Å². The number of nitrogens with zero attached hydrogens (tertiary/aromatic N) is 1. The van der Waals surface area contributed by atoms with Crippen LogP contribution in [-0.2, 0) is 0 Å². The third-order valence-electron chi connectivity index (χ3n) is 4.57. The Labute approximate surface area is 170 Å². The Bertz CT molecular complexity index is 724. The first-order chi connectivity index (χ1) is 13.6. The van der Waals surface area contributed by atoms with Crippen LogP contribution in [0.5, 0.6) is 11.5 Å². The van der Waals surface area contributed by atoms with E-state index in [2.05, 4.69) is 34.6 Å². The first kappa shape index (κ1) is 21.7. The predicted molar refractivity (Wildman–Crippen MR) is 110 cm³/mol. The van der Waals surface area contributed by atoms with E-state index < -0.39 is 14.7 Å². The minimum atomic E-state index is -4.69. The van der Waals surface area contributed by atoms with Gasteiger partial charge in [0.15, 0.2) is 0 Å². The van der Waals surface area contributed by atoms with Crippen molar-refractivity contribution in [2.75, 3.05) is 26.2 Å². The molecule has 29 heavy (non-hydrogen) atoms. The number of piperazine rings is 1. The number of rotatable bonds is 6. The molecular formula is C21H27F3N2O2Si. The average Bonchev–Trinajstić information content (AvgIpc) is 2.63. The second kappa shape index (κ2) is 8.77. The lowest BCUT2D eigenvalue weighted by Gasteiger charge is -2.35. The molecule has 0 radical (unpaired) electrons. The molecule has 1 saturated heterocycles. The van der Waals surface area contributed by atoms with Crippen LogP contribution in [0.25, 0.3) is 0 Å². The summed E-state index contributed by atoms with van der Waals surface area (Å²) in [6.45, 7) is 9.88. The fourth-order valence-electron chi connectivity index (χ4n) is 3.48. The monoisotopic (exact) mass is 424 g/mol. The molecule has 8 heteroatoms. The van der Waals surface area contributed by atoms with Crippen LogP contribution in [0.3, 0.4) is 0 Å². The molecule has 2 aromatic carbocycles. The highest BCUT2D eigenvalue weighted by Crippen LogP contribution is 2.32. The Hall–Kier alpha value is -2.03. The van der Waals surface area contributed by atoms with E-state index in [0.717, 1.165) is 43.1 Å². The van der Waals surface area contributed by atoms with Gasteiger partial charge in [-0.2, -0.15) is 0 Å². The normalized spacial score (nSPS) is 17.0. The second-order valence-corrected chi connectivity index (χ2v) is 12.5. The summed E-state index contributed by atoms with van der Waals surface area (Å²) in [5.74, 6) is 0.639. The molecule has 0 saturated carbocycles. The molecule has 1 aliphatic rings. The van der Waals surface area contributed by atoms with Gasteiger partial charge >= 0.3 is 6.36 Å². The number of benzene rings is 2. The first-order valence-electron chi connectivity index (χ1n) is 9.70. The van der Waals surface area contributed by atoms with Crippen molar-refractivity contribution >= 4 is 8.32 Å². The topological polar surface area (TPSA) is 33.7 Å². The number of hydrogen-bond acceptors (Lipinski definition) is 4. The molecule has 1 fully saturated rings. The number of hydrogen-bond donors (Lipinski definition) is 1. The Morgan fingerprint density at radius 1 is 0.862 bits per heavy atom. The molecule has 0 aliphatic carbocycles. The van der Waals surface area contributed by atoms with Gasteiger partial charge in [0.25, 0.3) is 0 Å². The summed E-state index contributed by atoms with van der Waals surface area (Å²) in [6, 6.07) is 14.2. The summed E-state index contributed by atoms with van der Waals surface area (Å²) < 4.78 is 47.5. The standard InChI is InChI=1S/C21H27F3N2O2Si/c1-29(2,3)28-19-10-6-17(7-11-19)20(26-14-12-25-13-15-26)16-4-8-18(9-5-16)27-21(22,23)24/h4-11,20,25H,12-15H2,1-3H3/t20-/m0/s1. The highest BCUT2D eigenvalue weighted by Gasteiger charge is 2.31. The molecule has 158 valence electrons. The van der Waals surface area contributed by atoms with E-state index in [-0.39, 0.29) is 11.8 Å². The van der Waals surface area contributed by atoms with Crippen molar-refractivity contribution in [3.8, 4) is 11.5 Å². The molecule has 4 nitrogen and oxygen atoms in total. The molecule has 0 bridgehead atoms. The molecule has 0 spiro atoms. The van der Waals surface area contributed by atoms with Gasteiger partial charge in [-0.3, -0.25) is 4.90 Å². The van der Waals surface area contributed by atoms with Gasteiger partial charge in [0.2, 0.25) is 8.32 Å². The molecule has 3 rings (SSSR count). The van der Waals surface area contributed by atoms with Crippen molar-refractivity contribution in [1.82, 2.24) is 10.2 Å². The second-order valence-electron chi connectivity index (χ2n) is 8.09. The van der Waals surface area contributed by atoms with Gasteiger partial charge in [-0.15, -0.1) is 13.2 Å². The minimum absolute atomic E-state index is 0.0435. The zero-order valence-electron chi connectivity index (χ0n) is 16.9. The van der Waals surface area contributed by atoms with Crippen LogP contribution in [0.4, 0.5) is 13.2 Å². The summed E-state index contributed by atoms with van der Waals surface area (Å²) in [5, 5.41) is 3.34. The summed E-state index contributed by atoms with van der Waals surface area (Å²) in [7, 11) is -1.69. The molecule has 1 atom stereocenters. The maximum absolute atomic E-state index is 12.5. The van der Waals surface area contributed by atoms with Gasteiger partial charge < -0.3 is 14.5 Å². The highest BCUT2D eigenvalue weighted by atomic mass is 28.4. The SMILES string of the molecule is C[Si](C)(C)Oc1ccc([C@H](c2ccc(OC(F)(F)F)cc2)N2CCNCC2)cc1. The first-order valence-corrected chi connectivity index (χ1v) is 13.1. The van der Waals surface area contributed by atoms with E-state index in [9.17, 15) is 13.2 Å². The van der Waals surface area contributed by atoms with Crippen molar-refractivity contribution in [3.05, 3.63) is 59.7 Å².